The van der Waals surface area contributed by atoms with E-state index in [0.717, 1.165) is 5.56 Å². The maximum atomic E-state index is 12.0. The standard InChI is InChI=1S/C12H16F3NO2S/c1-17-10-3-2-9(4-5-16)11(8-10)18-6-7-19-12(13,14)15/h2-3,8H,4-7,16H2,1H3. The lowest BCUT2D eigenvalue weighted by atomic mass is 10.1. The van der Waals surface area contributed by atoms with Crippen LogP contribution in [0.1, 0.15) is 5.56 Å². The van der Waals surface area contributed by atoms with Gasteiger partial charge in [0.25, 0.3) is 0 Å². The van der Waals surface area contributed by atoms with E-state index in [1.807, 2.05) is 0 Å². The van der Waals surface area contributed by atoms with Crippen molar-refractivity contribution < 1.29 is 22.6 Å². The Balaban J connectivity index is 2.59. The highest BCUT2D eigenvalue weighted by molar-refractivity contribution is 8.00. The quantitative estimate of drug-likeness (QED) is 0.786. The highest BCUT2D eigenvalue weighted by atomic mass is 32.2. The van der Waals surface area contributed by atoms with Crippen LogP contribution in [-0.2, 0) is 6.42 Å². The highest BCUT2D eigenvalue weighted by Crippen LogP contribution is 2.30. The Morgan fingerprint density at radius 1 is 1.32 bits per heavy atom. The molecule has 0 saturated carbocycles. The molecule has 7 heteroatoms. The molecule has 1 aromatic rings. The Hall–Kier alpha value is -1.08. The SMILES string of the molecule is COc1ccc(CCN)c(OCCSC(F)(F)F)c1. The summed E-state index contributed by atoms with van der Waals surface area (Å²) in [6, 6.07) is 5.23. The zero-order valence-corrected chi connectivity index (χ0v) is 11.3. The van der Waals surface area contributed by atoms with Gasteiger partial charge in [0.05, 0.1) is 13.7 Å². The van der Waals surface area contributed by atoms with Gasteiger partial charge >= 0.3 is 5.51 Å². The minimum atomic E-state index is -4.22. The van der Waals surface area contributed by atoms with E-state index in [9.17, 15) is 13.2 Å². The molecule has 1 rings (SSSR count). The van der Waals surface area contributed by atoms with Crippen LogP contribution in [-0.4, -0.2) is 31.5 Å². The third-order valence-electron chi connectivity index (χ3n) is 2.29. The van der Waals surface area contributed by atoms with E-state index in [1.54, 1.807) is 18.2 Å². The van der Waals surface area contributed by atoms with Crippen LogP contribution in [0.2, 0.25) is 0 Å². The molecule has 0 amide bonds. The maximum Gasteiger partial charge on any atom is 0.441 e. The normalized spacial score (nSPS) is 11.4. The number of methoxy groups -OCH3 is 1. The average Bonchev–Trinajstić information content (AvgIpc) is 2.35. The number of hydrogen-bond donors (Lipinski definition) is 1. The molecule has 0 fully saturated rings. The summed E-state index contributed by atoms with van der Waals surface area (Å²) in [5.74, 6) is 0.967. The fourth-order valence-electron chi connectivity index (χ4n) is 1.47. The van der Waals surface area contributed by atoms with Gasteiger partial charge in [-0.1, -0.05) is 6.07 Å². The van der Waals surface area contributed by atoms with Crippen molar-refractivity contribution in [3.05, 3.63) is 23.8 Å². The zero-order chi connectivity index (χ0) is 14.3. The second-order valence-corrected chi connectivity index (χ2v) is 4.81. The van der Waals surface area contributed by atoms with Crippen LogP contribution in [0.3, 0.4) is 0 Å². The average molecular weight is 295 g/mol. The second kappa shape index (κ2) is 7.49. The van der Waals surface area contributed by atoms with Gasteiger partial charge < -0.3 is 15.2 Å². The van der Waals surface area contributed by atoms with E-state index in [1.165, 1.54) is 7.11 Å². The second-order valence-electron chi connectivity index (χ2n) is 3.65. The molecule has 0 saturated heterocycles. The number of alkyl halides is 3. The summed E-state index contributed by atoms with van der Waals surface area (Å²) in [5.41, 5.74) is 2.11. The minimum absolute atomic E-state index is 0.0189. The first-order valence-corrected chi connectivity index (χ1v) is 6.65. The molecule has 2 N–H and O–H groups in total. The molecule has 108 valence electrons. The first-order valence-electron chi connectivity index (χ1n) is 5.66. The van der Waals surface area contributed by atoms with Crippen LogP contribution in [0, 0.1) is 0 Å². The molecule has 0 bridgehead atoms. The van der Waals surface area contributed by atoms with Gasteiger partial charge in [0.15, 0.2) is 0 Å². The Kier molecular flexibility index (Phi) is 6.30. The summed E-state index contributed by atoms with van der Waals surface area (Å²) in [6.07, 6.45) is 0.603. The number of thioether (sulfide) groups is 1. The minimum Gasteiger partial charge on any atom is -0.497 e. The van der Waals surface area contributed by atoms with Crippen molar-refractivity contribution in [2.75, 3.05) is 26.0 Å². The molecule has 0 aromatic heterocycles. The van der Waals surface area contributed by atoms with Crippen molar-refractivity contribution in [3.63, 3.8) is 0 Å². The van der Waals surface area contributed by atoms with Gasteiger partial charge in [0.2, 0.25) is 0 Å². The lowest BCUT2D eigenvalue weighted by Gasteiger charge is -2.13. The van der Waals surface area contributed by atoms with Crippen molar-refractivity contribution in [3.8, 4) is 11.5 Å². The molecular weight excluding hydrogens is 279 g/mol. The van der Waals surface area contributed by atoms with Gasteiger partial charge in [-0.25, -0.2) is 0 Å². The van der Waals surface area contributed by atoms with Gasteiger partial charge in [-0.3, -0.25) is 0 Å². The van der Waals surface area contributed by atoms with E-state index in [-0.39, 0.29) is 24.1 Å². The molecule has 3 nitrogen and oxygen atoms in total. The molecular formula is C12H16F3NO2S. The van der Waals surface area contributed by atoms with Gasteiger partial charge in [-0.15, -0.1) is 0 Å². The van der Waals surface area contributed by atoms with Crippen molar-refractivity contribution in [2.24, 2.45) is 5.73 Å². The fourth-order valence-corrected chi connectivity index (χ4v) is 1.87. The van der Waals surface area contributed by atoms with E-state index in [2.05, 4.69) is 0 Å². The Morgan fingerprint density at radius 2 is 2.05 bits per heavy atom. The predicted octanol–water partition coefficient (Wildman–Crippen LogP) is 2.83. The molecule has 0 heterocycles. The molecule has 0 aliphatic heterocycles. The number of rotatable bonds is 7. The molecule has 0 aliphatic carbocycles. The Morgan fingerprint density at radius 3 is 2.63 bits per heavy atom. The van der Waals surface area contributed by atoms with Crippen LogP contribution >= 0.6 is 11.8 Å². The van der Waals surface area contributed by atoms with Gasteiger partial charge in [-0.05, 0) is 36.4 Å². The van der Waals surface area contributed by atoms with E-state index < -0.39 is 5.51 Å². The predicted molar refractivity (Wildman–Crippen MR) is 69.8 cm³/mol. The summed E-state index contributed by atoms with van der Waals surface area (Å²) >= 11 is -0.0990. The molecule has 0 spiro atoms. The fraction of sp³-hybridized carbons (Fsp3) is 0.500. The van der Waals surface area contributed by atoms with Gasteiger partial charge in [0.1, 0.15) is 11.5 Å². The molecule has 0 radical (unpaired) electrons. The smallest absolute Gasteiger partial charge is 0.441 e. The largest absolute Gasteiger partial charge is 0.497 e. The topological polar surface area (TPSA) is 44.5 Å². The van der Waals surface area contributed by atoms with Gasteiger partial charge in [-0.2, -0.15) is 13.2 Å². The van der Waals surface area contributed by atoms with Gasteiger partial charge in [0, 0.05) is 11.8 Å². The van der Waals surface area contributed by atoms with Crippen LogP contribution in [0.4, 0.5) is 13.2 Å². The lowest BCUT2D eigenvalue weighted by molar-refractivity contribution is -0.0329. The number of halogens is 3. The number of hydrogen-bond acceptors (Lipinski definition) is 4. The number of ether oxygens (including phenoxy) is 2. The van der Waals surface area contributed by atoms with E-state index in [0.29, 0.717) is 24.5 Å². The zero-order valence-electron chi connectivity index (χ0n) is 10.5. The van der Waals surface area contributed by atoms with Crippen LogP contribution in [0.5, 0.6) is 11.5 Å². The number of benzene rings is 1. The van der Waals surface area contributed by atoms with Crippen LogP contribution < -0.4 is 15.2 Å². The maximum absolute atomic E-state index is 12.0. The summed E-state index contributed by atoms with van der Waals surface area (Å²) in [4.78, 5) is 0. The molecule has 0 aliphatic rings. The molecule has 1 aromatic carbocycles. The van der Waals surface area contributed by atoms with Crippen molar-refractivity contribution in [1.29, 1.82) is 0 Å². The molecule has 19 heavy (non-hydrogen) atoms. The lowest BCUT2D eigenvalue weighted by Crippen LogP contribution is -2.10. The Bertz CT molecular complexity index is 399. The Labute approximate surface area is 114 Å². The van der Waals surface area contributed by atoms with E-state index in [4.69, 9.17) is 15.2 Å². The van der Waals surface area contributed by atoms with Crippen molar-refractivity contribution >= 4 is 11.8 Å². The summed E-state index contributed by atoms with van der Waals surface area (Å²) < 4.78 is 46.3. The molecule has 0 unspecified atom stereocenters. The van der Waals surface area contributed by atoms with E-state index >= 15 is 0 Å². The first kappa shape index (κ1) is 16.0. The highest BCUT2D eigenvalue weighted by Gasteiger charge is 2.27. The summed E-state index contributed by atoms with van der Waals surface area (Å²) in [5, 5.41) is 0. The molecule has 0 atom stereocenters. The van der Waals surface area contributed by atoms with Crippen molar-refractivity contribution in [2.45, 2.75) is 11.9 Å². The van der Waals surface area contributed by atoms with Crippen molar-refractivity contribution in [1.82, 2.24) is 0 Å². The van der Waals surface area contributed by atoms with Crippen LogP contribution in [0.15, 0.2) is 18.2 Å². The number of nitrogens with two attached hydrogens (primary N) is 1. The summed E-state index contributed by atoms with van der Waals surface area (Å²) in [7, 11) is 1.52. The third-order valence-corrected chi connectivity index (χ3v) is 2.99. The first-order chi connectivity index (χ1) is 8.96. The van der Waals surface area contributed by atoms with Crippen LogP contribution in [0.25, 0.3) is 0 Å². The summed E-state index contributed by atoms with van der Waals surface area (Å²) in [6.45, 7) is 0.426. The third kappa shape index (κ3) is 6.07. The monoisotopic (exact) mass is 295 g/mol.